The van der Waals surface area contributed by atoms with Crippen LogP contribution >= 0.6 is 0 Å². The van der Waals surface area contributed by atoms with Crippen LogP contribution in [0.2, 0.25) is 0 Å². The van der Waals surface area contributed by atoms with Gasteiger partial charge in [0.1, 0.15) is 0 Å². The summed E-state index contributed by atoms with van der Waals surface area (Å²) in [6, 6.07) is 10.0. The summed E-state index contributed by atoms with van der Waals surface area (Å²) >= 11 is 0. The van der Waals surface area contributed by atoms with E-state index in [4.69, 9.17) is 0 Å². The minimum Gasteiger partial charge on any atom is -0.367 e. The zero-order valence-corrected chi connectivity index (χ0v) is 11.9. The van der Waals surface area contributed by atoms with Gasteiger partial charge in [-0.1, -0.05) is 32.0 Å². The summed E-state index contributed by atoms with van der Waals surface area (Å²) in [5.41, 5.74) is 2.97. The SMILES string of the molecule is CC(C)NCC(C)N1CCCCc2ccccc21. The molecule has 0 spiro atoms. The molecule has 0 saturated carbocycles. The van der Waals surface area contributed by atoms with Crippen LogP contribution in [-0.4, -0.2) is 25.2 Å². The summed E-state index contributed by atoms with van der Waals surface area (Å²) in [5.74, 6) is 0. The number of nitrogens with one attached hydrogen (secondary N) is 1. The molecular formula is C16H26N2. The summed E-state index contributed by atoms with van der Waals surface area (Å²) < 4.78 is 0. The summed E-state index contributed by atoms with van der Waals surface area (Å²) in [6.45, 7) is 9.01. The number of benzene rings is 1. The van der Waals surface area contributed by atoms with Crippen molar-refractivity contribution in [2.45, 2.75) is 52.1 Å². The highest BCUT2D eigenvalue weighted by molar-refractivity contribution is 5.55. The molecule has 0 amide bonds. The Morgan fingerprint density at radius 3 is 2.72 bits per heavy atom. The molecule has 18 heavy (non-hydrogen) atoms. The number of fused-ring (bicyclic) bond motifs is 1. The maximum atomic E-state index is 3.55. The predicted octanol–water partition coefficient (Wildman–Crippen LogP) is 3.22. The number of aryl methyl sites for hydroxylation is 1. The molecule has 1 aliphatic heterocycles. The quantitative estimate of drug-likeness (QED) is 0.877. The van der Waals surface area contributed by atoms with Crippen LogP contribution in [0.25, 0.3) is 0 Å². The fourth-order valence-corrected chi connectivity index (χ4v) is 2.69. The highest BCUT2D eigenvalue weighted by Crippen LogP contribution is 2.27. The molecule has 1 heterocycles. The van der Waals surface area contributed by atoms with E-state index in [1.165, 1.54) is 37.1 Å². The lowest BCUT2D eigenvalue weighted by atomic mass is 10.1. The standard InChI is InChI=1S/C16H26N2/c1-13(2)17-12-14(3)18-11-7-6-9-15-8-4-5-10-16(15)18/h4-5,8,10,13-14,17H,6-7,9,11-12H2,1-3H3. The minimum atomic E-state index is 0.562. The number of para-hydroxylation sites is 1. The van der Waals surface area contributed by atoms with Crippen molar-refractivity contribution in [1.29, 1.82) is 0 Å². The zero-order chi connectivity index (χ0) is 13.0. The Morgan fingerprint density at radius 2 is 1.94 bits per heavy atom. The van der Waals surface area contributed by atoms with Gasteiger partial charge in [0.25, 0.3) is 0 Å². The number of hydrogen-bond acceptors (Lipinski definition) is 2. The zero-order valence-electron chi connectivity index (χ0n) is 11.9. The minimum absolute atomic E-state index is 0.562. The third-order valence-electron chi connectivity index (χ3n) is 3.75. The van der Waals surface area contributed by atoms with Crippen molar-refractivity contribution in [2.75, 3.05) is 18.0 Å². The van der Waals surface area contributed by atoms with Gasteiger partial charge in [0.2, 0.25) is 0 Å². The summed E-state index contributed by atoms with van der Waals surface area (Å²) in [4.78, 5) is 2.58. The molecule has 1 atom stereocenters. The van der Waals surface area contributed by atoms with Crippen LogP contribution in [0.15, 0.2) is 24.3 Å². The topological polar surface area (TPSA) is 15.3 Å². The summed E-state index contributed by atoms with van der Waals surface area (Å²) in [5, 5.41) is 3.55. The van der Waals surface area contributed by atoms with Gasteiger partial charge >= 0.3 is 0 Å². The molecule has 0 saturated heterocycles. The van der Waals surface area contributed by atoms with Gasteiger partial charge in [0.05, 0.1) is 0 Å². The van der Waals surface area contributed by atoms with Crippen molar-refractivity contribution in [3.8, 4) is 0 Å². The number of rotatable bonds is 4. The first kappa shape index (κ1) is 13.4. The molecule has 1 aliphatic rings. The van der Waals surface area contributed by atoms with Crippen molar-refractivity contribution in [2.24, 2.45) is 0 Å². The predicted molar refractivity (Wildman–Crippen MR) is 79.3 cm³/mol. The number of hydrogen-bond donors (Lipinski definition) is 1. The van der Waals surface area contributed by atoms with Gasteiger partial charge in [-0.3, -0.25) is 0 Å². The first-order valence-electron chi connectivity index (χ1n) is 7.26. The van der Waals surface area contributed by atoms with Crippen LogP contribution < -0.4 is 10.2 Å². The third-order valence-corrected chi connectivity index (χ3v) is 3.75. The van der Waals surface area contributed by atoms with E-state index in [9.17, 15) is 0 Å². The molecule has 1 aromatic rings. The van der Waals surface area contributed by atoms with Crippen molar-refractivity contribution in [1.82, 2.24) is 5.32 Å². The second-order valence-corrected chi connectivity index (χ2v) is 5.69. The lowest BCUT2D eigenvalue weighted by molar-refractivity contribution is 0.514. The van der Waals surface area contributed by atoms with Gasteiger partial charge in [-0.25, -0.2) is 0 Å². The molecule has 1 aromatic carbocycles. The molecule has 0 radical (unpaired) electrons. The molecule has 1 N–H and O–H groups in total. The van der Waals surface area contributed by atoms with E-state index in [0.717, 1.165) is 6.54 Å². The lowest BCUT2D eigenvalue weighted by Crippen LogP contribution is -2.42. The fraction of sp³-hybridized carbons (Fsp3) is 0.625. The van der Waals surface area contributed by atoms with Gasteiger partial charge in [-0.2, -0.15) is 0 Å². The van der Waals surface area contributed by atoms with Gasteiger partial charge in [-0.05, 0) is 37.8 Å². The summed E-state index contributed by atoms with van der Waals surface area (Å²) in [7, 11) is 0. The first-order chi connectivity index (χ1) is 8.68. The largest absolute Gasteiger partial charge is 0.367 e. The van der Waals surface area contributed by atoms with Crippen molar-refractivity contribution in [3.05, 3.63) is 29.8 Å². The maximum absolute atomic E-state index is 3.55. The van der Waals surface area contributed by atoms with Gasteiger partial charge in [0, 0.05) is 30.9 Å². The number of nitrogens with zero attached hydrogens (tertiary/aromatic N) is 1. The van der Waals surface area contributed by atoms with Crippen molar-refractivity contribution in [3.63, 3.8) is 0 Å². The average Bonchev–Trinajstić information content (AvgIpc) is 2.58. The Bertz CT molecular complexity index is 373. The summed E-state index contributed by atoms with van der Waals surface area (Å²) in [6.07, 6.45) is 3.86. The maximum Gasteiger partial charge on any atom is 0.0401 e. The van der Waals surface area contributed by atoms with E-state index in [-0.39, 0.29) is 0 Å². The first-order valence-corrected chi connectivity index (χ1v) is 7.26. The van der Waals surface area contributed by atoms with Crippen molar-refractivity contribution >= 4 is 5.69 Å². The molecular weight excluding hydrogens is 220 g/mol. The Kier molecular flexibility index (Phi) is 4.65. The Labute approximate surface area is 111 Å². The van der Waals surface area contributed by atoms with E-state index < -0.39 is 0 Å². The van der Waals surface area contributed by atoms with Crippen LogP contribution in [0.4, 0.5) is 5.69 Å². The van der Waals surface area contributed by atoms with Crippen LogP contribution in [0.5, 0.6) is 0 Å². The highest BCUT2D eigenvalue weighted by atomic mass is 15.2. The molecule has 2 nitrogen and oxygen atoms in total. The normalized spacial score (nSPS) is 17.4. The fourth-order valence-electron chi connectivity index (χ4n) is 2.69. The molecule has 0 bridgehead atoms. The van der Waals surface area contributed by atoms with E-state index in [1.54, 1.807) is 0 Å². The second kappa shape index (κ2) is 6.24. The van der Waals surface area contributed by atoms with E-state index >= 15 is 0 Å². The monoisotopic (exact) mass is 246 g/mol. The van der Waals surface area contributed by atoms with E-state index in [1.807, 2.05) is 0 Å². The molecule has 2 rings (SSSR count). The Balaban J connectivity index is 2.12. The van der Waals surface area contributed by atoms with Crippen LogP contribution in [0, 0.1) is 0 Å². The lowest BCUT2D eigenvalue weighted by Gasteiger charge is -2.32. The molecule has 100 valence electrons. The van der Waals surface area contributed by atoms with Crippen LogP contribution in [0.1, 0.15) is 39.2 Å². The second-order valence-electron chi connectivity index (χ2n) is 5.69. The smallest absolute Gasteiger partial charge is 0.0401 e. The Morgan fingerprint density at radius 1 is 1.17 bits per heavy atom. The average molecular weight is 246 g/mol. The molecule has 0 fully saturated rings. The third kappa shape index (κ3) is 3.26. The van der Waals surface area contributed by atoms with E-state index in [2.05, 4.69) is 55.3 Å². The Hall–Kier alpha value is -1.02. The van der Waals surface area contributed by atoms with Crippen LogP contribution in [-0.2, 0) is 6.42 Å². The van der Waals surface area contributed by atoms with Gasteiger partial charge in [0.15, 0.2) is 0 Å². The van der Waals surface area contributed by atoms with E-state index in [0.29, 0.717) is 12.1 Å². The van der Waals surface area contributed by atoms with Gasteiger partial charge in [-0.15, -0.1) is 0 Å². The molecule has 2 heteroatoms. The van der Waals surface area contributed by atoms with Crippen LogP contribution in [0.3, 0.4) is 0 Å². The number of anilines is 1. The molecule has 0 aliphatic carbocycles. The van der Waals surface area contributed by atoms with Crippen molar-refractivity contribution < 1.29 is 0 Å². The molecule has 1 unspecified atom stereocenters. The highest BCUT2D eigenvalue weighted by Gasteiger charge is 2.19. The molecule has 0 aromatic heterocycles. The van der Waals surface area contributed by atoms with Gasteiger partial charge < -0.3 is 10.2 Å².